The Morgan fingerprint density at radius 1 is 1.17 bits per heavy atom. The maximum atomic E-state index is 13.6. The molecule has 1 N–H and O–H groups in total. The van der Waals surface area contributed by atoms with Gasteiger partial charge in [0.1, 0.15) is 18.3 Å². The van der Waals surface area contributed by atoms with Crippen molar-refractivity contribution < 1.29 is 22.7 Å². The number of sulfonamides is 1. The largest absolute Gasteiger partial charge is 0.495 e. The molecule has 0 aliphatic rings. The normalized spacial score (nSPS) is 12.1. The Morgan fingerprint density at radius 3 is 2.40 bits per heavy atom. The highest BCUT2D eigenvalue weighted by Crippen LogP contribution is 2.33. The zero-order valence-electron chi connectivity index (χ0n) is 20.3. The molecule has 1 unspecified atom stereocenters. The van der Waals surface area contributed by atoms with Crippen LogP contribution >= 0.6 is 27.5 Å². The molecule has 0 aliphatic carbocycles. The van der Waals surface area contributed by atoms with Gasteiger partial charge in [0.05, 0.1) is 19.1 Å². The maximum absolute atomic E-state index is 13.6. The molecule has 0 aliphatic heterocycles. The topological polar surface area (TPSA) is 96.0 Å². The number of nitrogens with one attached hydrogen (secondary N) is 1. The molecule has 2 rings (SSSR count). The number of benzene rings is 2. The Labute approximate surface area is 220 Å². The van der Waals surface area contributed by atoms with E-state index in [2.05, 4.69) is 21.2 Å². The van der Waals surface area contributed by atoms with E-state index in [0.717, 1.165) is 33.4 Å². The summed E-state index contributed by atoms with van der Waals surface area (Å²) in [6.07, 6.45) is 2.73. The zero-order chi connectivity index (χ0) is 26.2. The van der Waals surface area contributed by atoms with Crippen LogP contribution in [-0.2, 0) is 26.2 Å². The molecule has 1 atom stereocenters. The van der Waals surface area contributed by atoms with Crippen molar-refractivity contribution in [3.8, 4) is 5.75 Å². The Hall–Kier alpha value is -2.30. The minimum absolute atomic E-state index is 0.124. The number of hydrogen-bond donors (Lipinski definition) is 1. The fourth-order valence-electron chi connectivity index (χ4n) is 3.36. The second-order valence-electron chi connectivity index (χ2n) is 8.05. The number of unbranched alkanes of at least 4 members (excludes halogenated alkanes) is 1. The minimum Gasteiger partial charge on any atom is -0.495 e. The van der Waals surface area contributed by atoms with Gasteiger partial charge in [0.25, 0.3) is 0 Å². The summed E-state index contributed by atoms with van der Waals surface area (Å²) in [6.45, 7) is 3.73. The summed E-state index contributed by atoms with van der Waals surface area (Å²) in [5.74, 6) is -0.605. The van der Waals surface area contributed by atoms with Crippen LogP contribution in [0.5, 0.6) is 5.75 Å². The Morgan fingerprint density at radius 2 is 1.83 bits per heavy atom. The molecular formula is C24H31BrClN3O5S. The van der Waals surface area contributed by atoms with Gasteiger partial charge in [-0.05, 0) is 49.2 Å². The maximum Gasteiger partial charge on any atom is 0.244 e. The van der Waals surface area contributed by atoms with Crippen molar-refractivity contribution in [1.29, 1.82) is 0 Å². The molecule has 0 fully saturated rings. The van der Waals surface area contributed by atoms with Crippen LogP contribution in [0.3, 0.4) is 0 Å². The van der Waals surface area contributed by atoms with Crippen molar-refractivity contribution in [2.24, 2.45) is 0 Å². The molecule has 2 aromatic rings. The smallest absolute Gasteiger partial charge is 0.244 e. The van der Waals surface area contributed by atoms with Crippen molar-refractivity contribution in [1.82, 2.24) is 10.2 Å². The Bertz CT molecular complexity index is 1130. The molecule has 8 nitrogen and oxygen atoms in total. The van der Waals surface area contributed by atoms with E-state index in [4.69, 9.17) is 16.3 Å². The van der Waals surface area contributed by atoms with E-state index >= 15 is 0 Å². The van der Waals surface area contributed by atoms with Crippen molar-refractivity contribution >= 4 is 55.1 Å². The Kier molecular flexibility index (Phi) is 10.9. The minimum atomic E-state index is -3.90. The van der Waals surface area contributed by atoms with Gasteiger partial charge in [-0.2, -0.15) is 0 Å². The molecule has 0 bridgehead atoms. The molecule has 35 heavy (non-hydrogen) atoms. The fraction of sp³-hybridized carbons (Fsp3) is 0.417. The van der Waals surface area contributed by atoms with Crippen LogP contribution in [0, 0.1) is 0 Å². The van der Waals surface area contributed by atoms with Gasteiger partial charge in [0.2, 0.25) is 21.8 Å². The Balaban J connectivity index is 2.41. The number of methoxy groups -OCH3 is 1. The highest BCUT2D eigenvalue weighted by molar-refractivity contribution is 9.10. The average molecular weight is 589 g/mol. The van der Waals surface area contributed by atoms with Gasteiger partial charge in [-0.15, -0.1) is 0 Å². The van der Waals surface area contributed by atoms with E-state index in [9.17, 15) is 18.0 Å². The molecule has 0 spiro atoms. The van der Waals surface area contributed by atoms with Crippen LogP contribution in [-0.4, -0.2) is 57.6 Å². The molecule has 0 heterocycles. The first-order valence-corrected chi connectivity index (χ1v) is 14.1. The highest BCUT2D eigenvalue weighted by atomic mass is 79.9. The first kappa shape index (κ1) is 28.9. The van der Waals surface area contributed by atoms with Crippen LogP contribution in [0.15, 0.2) is 46.9 Å². The lowest BCUT2D eigenvalue weighted by Crippen LogP contribution is -2.51. The lowest BCUT2D eigenvalue weighted by molar-refractivity contribution is -0.139. The van der Waals surface area contributed by atoms with Gasteiger partial charge < -0.3 is 15.0 Å². The number of rotatable bonds is 12. The van der Waals surface area contributed by atoms with Crippen LogP contribution in [0.4, 0.5) is 5.69 Å². The van der Waals surface area contributed by atoms with Gasteiger partial charge in [-0.1, -0.05) is 53.0 Å². The summed E-state index contributed by atoms with van der Waals surface area (Å²) < 4.78 is 32.6. The van der Waals surface area contributed by atoms with Crippen molar-refractivity contribution in [3.63, 3.8) is 0 Å². The summed E-state index contributed by atoms with van der Waals surface area (Å²) in [7, 11) is -2.50. The summed E-state index contributed by atoms with van der Waals surface area (Å²) in [5.41, 5.74) is 0.931. The molecule has 0 saturated heterocycles. The number of anilines is 1. The summed E-state index contributed by atoms with van der Waals surface area (Å²) >= 11 is 9.50. The third-order valence-corrected chi connectivity index (χ3v) is 7.24. The number of carbonyl (C=O) groups is 2. The molecule has 0 radical (unpaired) electrons. The number of hydrogen-bond acceptors (Lipinski definition) is 5. The summed E-state index contributed by atoms with van der Waals surface area (Å²) in [6, 6.07) is 11.0. The first-order chi connectivity index (χ1) is 16.5. The van der Waals surface area contributed by atoms with Crippen molar-refractivity contribution in [3.05, 3.63) is 57.5 Å². The third kappa shape index (κ3) is 8.40. The summed E-state index contributed by atoms with van der Waals surface area (Å²) in [5, 5.41) is 3.13. The molecular weight excluding hydrogens is 558 g/mol. The second-order valence-corrected chi connectivity index (χ2v) is 11.3. The quantitative estimate of drug-likeness (QED) is 0.375. The van der Waals surface area contributed by atoms with Crippen LogP contribution in [0.2, 0.25) is 5.02 Å². The zero-order valence-corrected chi connectivity index (χ0v) is 23.4. The SMILES string of the molecule is CCCCNC(=O)C(C)N(Cc1ccc(Br)cc1)C(=O)CN(c1cc(Cl)ccc1OC)S(C)(=O)=O. The van der Waals surface area contributed by atoms with Gasteiger partial charge >= 0.3 is 0 Å². The predicted octanol–water partition coefficient (Wildman–Crippen LogP) is 4.21. The number of ether oxygens (including phenoxy) is 1. The second kappa shape index (κ2) is 13.1. The molecule has 192 valence electrons. The van der Waals surface area contributed by atoms with E-state index in [1.807, 2.05) is 31.2 Å². The van der Waals surface area contributed by atoms with Crippen LogP contribution in [0.25, 0.3) is 0 Å². The molecule has 2 amide bonds. The number of amides is 2. The molecule has 2 aromatic carbocycles. The average Bonchev–Trinajstić information content (AvgIpc) is 2.80. The monoisotopic (exact) mass is 587 g/mol. The van der Waals surface area contributed by atoms with E-state index in [0.29, 0.717) is 6.54 Å². The van der Waals surface area contributed by atoms with Crippen molar-refractivity contribution in [2.75, 3.05) is 30.8 Å². The summed E-state index contributed by atoms with van der Waals surface area (Å²) in [4.78, 5) is 27.8. The lowest BCUT2D eigenvalue weighted by atomic mass is 10.1. The van der Waals surface area contributed by atoms with Gasteiger partial charge in [0, 0.05) is 22.6 Å². The van der Waals surface area contributed by atoms with E-state index in [1.54, 1.807) is 13.0 Å². The van der Waals surface area contributed by atoms with Crippen LogP contribution < -0.4 is 14.4 Å². The number of carbonyl (C=O) groups excluding carboxylic acids is 2. The van der Waals surface area contributed by atoms with Gasteiger partial charge in [0.15, 0.2) is 0 Å². The molecule has 11 heteroatoms. The van der Waals surface area contributed by atoms with Crippen molar-refractivity contribution in [2.45, 2.75) is 39.3 Å². The predicted molar refractivity (Wildman–Crippen MR) is 142 cm³/mol. The first-order valence-electron chi connectivity index (χ1n) is 11.1. The third-order valence-electron chi connectivity index (χ3n) is 5.35. The molecule has 0 aromatic heterocycles. The standard InChI is InChI=1S/C24H31BrClN3O5S/c1-5-6-13-27-24(31)17(2)28(15-18-7-9-19(25)10-8-18)23(30)16-29(35(4,32)33)21-14-20(26)11-12-22(21)34-3/h7-12,14,17H,5-6,13,15-16H2,1-4H3,(H,27,31). The van der Waals surface area contributed by atoms with Gasteiger partial charge in [-0.3, -0.25) is 13.9 Å². The van der Waals surface area contributed by atoms with Crippen LogP contribution in [0.1, 0.15) is 32.3 Å². The van der Waals surface area contributed by atoms with Gasteiger partial charge in [-0.25, -0.2) is 8.42 Å². The number of halogens is 2. The van der Waals surface area contributed by atoms with E-state index in [1.165, 1.54) is 24.1 Å². The number of nitrogens with zero attached hydrogens (tertiary/aromatic N) is 2. The lowest BCUT2D eigenvalue weighted by Gasteiger charge is -2.32. The van der Waals surface area contributed by atoms with E-state index < -0.39 is 28.5 Å². The highest BCUT2D eigenvalue weighted by Gasteiger charge is 2.31. The fourth-order valence-corrected chi connectivity index (χ4v) is 4.63. The molecule has 0 saturated carbocycles. The van der Waals surface area contributed by atoms with E-state index in [-0.39, 0.29) is 28.9 Å².